The number of anilines is 1. The van der Waals surface area contributed by atoms with Gasteiger partial charge in [-0.2, -0.15) is 0 Å². The molecule has 0 amide bonds. The zero-order valence-corrected chi connectivity index (χ0v) is 11.1. The molecule has 0 aromatic heterocycles. The van der Waals surface area contributed by atoms with Crippen LogP contribution in [0.4, 0.5) is 5.69 Å². The van der Waals surface area contributed by atoms with E-state index in [2.05, 4.69) is 26.8 Å². The molecule has 18 heavy (non-hydrogen) atoms. The number of hydrogen-bond donors (Lipinski definition) is 4. The van der Waals surface area contributed by atoms with E-state index in [0.717, 1.165) is 5.69 Å². The molecule has 0 heterocycles. The summed E-state index contributed by atoms with van der Waals surface area (Å²) in [6.45, 7) is 0.371. The maximum absolute atomic E-state index is 9.70. The normalized spacial score (nSPS) is 10.3. The Labute approximate surface area is 113 Å². The standard InChI is InChI=1S/C13H13BrN2O2/c14-13-10(11(17)6-7-12(13)18)8-15-16-9-4-2-1-3-5-9/h1-7,15-18H,8H2. The van der Waals surface area contributed by atoms with Crippen LogP contribution in [0.25, 0.3) is 0 Å². The minimum atomic E-state index is 0.101. The molecular formula is C13H13BrN2O2. The third-order valence-electron chi connectivity index (χ3n) is 2.47. The van der Waals surface area contributed by atoms with Gasteiger partial charge in [0.15, 0.2) is 0 Å². The largest absolute Gasteiger partial charge is 0.508 e. The van der Waals surface area contributed by atoms with Crippen molar-refractivity contribution in [3.8, 4) is 11.5 Å². The summed E-state index contributed by atoms with van der Waals surface area (Å²) in [4.78, 5) is 0. The number of phenolic OH excluding ortho intramolecular Hbond substituents is 2. The van der Waals surface area contributed by atoms with Crippen LogP contribution < -0.4 is 10.9 Å². The van der Waals surface area contributed by atoms with Crippen LogP contribution in [0.1, 0.15) is 5.56 Å². The second-order valence-corrected chi connectivity index (χ2v) is 4.53. The Morgan fingerprint density at radius 2 is 1.61 bits per heavy atom. The Morgan fingerprint density at radius 1 is 0.944 bits per heavy atom. The summed E-state index contributed by atoms with van der Waals surface area (Å²) in [6, 6.07) is 12.5. The van der Waals surface area contributed by atoms with E-state index < -0.39 is 0 Å². The maximum Gasteiger partial charge on any atom is 0.130 e. The zero-order valence-electron chi connectivity index (χ0n) is 9.52. The summed E-state index contributed by atoms with van der Waals surface area (Å²) in [5.41, 5.74) is 7.50. The minimum Gasteiger partial charge on any atom is -0.508 e. The molecule has 4 N–H and O–H groups in total. The van der Waals surface area contributed by atoms with Gasteiger partial charge in [0.1, 0.15) is 11.5 Å². The SMILES string of the molecule is Oc1ccc(O)c(CNNc2ccccc2)c1Br. The van der Waals surface area contributed by atoms with Crippen molar-refractivity contribution in [1.82, 2.24) is 5.43 Å². The first-order valence-corrected chi connectivity index (χ1v) is 6.21. The van der Waals surface area contributed by atoms with Gasteiger partial charge in [-0.1, -0.05) is 18.2 Å². The highest BCUT2D eigenvalue weighted by molar-refractivity contribution is 9.10. The van der Waals surface area contributed by atoms with Crippen LogP contribution in [0.5, 0.6) is 11.5 Å². The number of hydrazine groups is 1. The molecule has 0 aliphatic heterocycles. The first-order chi connectivity index (χ1) is 8.68. The molecule has 0 saturated carbocycles. The molecule has 94 valence electrons. The van der Waals surface area contributed by atoms with E-state index in [-0.39, 0.29) is 11.5 Å². The van der Waals surface area contributed by atoms with E-state index in [1.54, 1.807) is 0 Å². The third kappa shape index (κ3) is 2.94. The smallest absolute Gasteiger partial charge is 0.130 e. The van der Waals surface area contributed by atoms with Crippen LogP contribution in [0.3, 0.4) is 0 Å². The summed E-state index contributed by atoms with van der Waals surface area (Å²) in [7, 11) is 0. The van der Waals surface area contributed by atoms with E-state index >= 15 is 0 Å². The van der Waals surface area contributed by atoms with E-state index in [9.17, 15) is 10.2 Å². The predicted octanol–water partition coefficient (Wildman–Crippen LogP) is 2.98. The van der Waals surface area contributed by atoms with Crippen molar-refractivity contribution in [3.63, 3.8) is 0 Å². The molecule has 2 aromatic carbocycles. The predicted molar refractivity (Wildman–Crippen MR) is 74.4 cm³/mol. The van der Waals surface area contributed by atoms with Gasteiger partial charge in [-0.25, -0.2) is 5.43 Å². The second kappa shape index (κ2) is 5.75. The lowest BCUT2D eigenvalue weighted by atomic mass is 10.2. The van der Waals surface area contributed by atoms with Crippen molar-refractivity contribution in [3.05, 3.63) is 52.5 Å². The van der Waals surface area contributed by atoms with Crippen molar-refractivity contribution in [2.24, 2.45) is 0 Å². The Hall–Kier alpha value is -1.72. The molecule has 2 aromatic rings. The Balaban J connectivity index is 2.01. The second-order valence-electron chi connectivity index (χ2n) is 3.74. The lowest BCUT2D eigenvalue weighted by Gasteiger charge is -2.11. The fourth-order valence-corrected chi connectivity index (χ4v) is 2.00. The molecule has 5 heteroatoms. The van der Waals surface area contributed by atoms with Gasteiger partial charge in [-0.15, -0.1) is 0 Å². The van der Waals surface area contributed by atoms with Crippen molar-refractivity contribution in [2.75, 3.05) is 5.43 Å². The number of benzene rings is 2. The van der Waals surface area contributed by atoms with Crippen molar-refractivity contribution in [2.45, 2.75) is 6.54 Å². The molecule has 0 aliphatic rings. The average molecular weight is 309 g/mol. The number of aromatic hydroxyl groups is 2. The summed E-state index contributed by atoms with van der Waals surface area (Å²) < 4.78 is 0.491. The number of rotatable bonds is 4. The average Bonchev–Trinajstić information content (AvgIpc) is 2.39. The molecule has 0 bridgehead atoms. The molecule has 0 fully saturated rings. The first-order valence-electron chi connectivity index (χ1n) is 5.41. The fourth-order valence-electron chi connectivity index (χ4n) is 1.52. The molecule has 0 spiro atoms. The first kappa shape index (κ1) is 12.7. The van der Waals surface area contributed by atoms with Gasteiger partial charge in [0, 0.05) is 17.8 Å². The molecule has 0 atom stereocenters. The quantitative estimate of drug-likeness (QED) is 0.518. The van der Waals surface area contributed by atoms with Crippen LogP contribution in [0, 0.1) is 0 Å². The highest BCUT2D eigenvalue weighted by atomic mass is 79.9. The topological polar surface area (TPSA) is 64.5 Å². The highest BCUT2D eigenvalue weighted by Crippen LogP contribution is 2.33. The van der Waals surface area contributed by atoms with Gasteiger partial charge in [-0.05, 0) is 40.2 Å². The van der Waals surface area contributed by atoms with E-state index in [0.29, 0.717) is 16.6 Å². The Morgan fingerprint density at radius 3 is 2.33 bits per heavy atom. The maximum atomic E-state index is 9.70. The van der Waals surface area contributed by atoms with Gasteiger partial charge >= 0.3 is 0 Å². The van der Waals surface area contributed by atoms with Crippen LogP contribution in [0.15, 0.2) is 46.9 Å². The lowest BCUT2D eigenvalue weighted by Crippen LogP contribution is -2.21. The van der Waals surface area contributed by atoms with Crippen molar-refractivity contribution in [1.29, 1.82) is 0 Å². The lowest BCUT2D eigenvalue weighted by molar-refractivity contribution is 0.449. The molecular weight excluding hydrogens is 296 g/mol. The van der Waals surface area contributed by atoms with Gasteiger partial charge in [-0.3, -0.25) is 0 Å². The number of halogens is 1. The molecule has 4 nitrogen and oxygen atoms in total. The van der Waals surface area contributed by atoms with Crippen LogP contribution in [-0.2, 0) is 6.54 Å². The Bertz CT molecular complexity index is 532. The van der Waals surface area contributed by atoms with E-state index in [1.165, 1.54) is 12.1 Å². The summed E-state index contributed by atoms with van der Waals surface area (Å²) in [5, 5.41) is 19.2. The summed E-state index contributed by atoms with van der Waals surface area (Å²) in [5.74, 6) is 0.228. The van der Waals surface area contributed by atoms with Gasteiger partial charge in [0.25, 0.3) is 0 Å². The highest BCUT2D eigenvalue weighted by Gasteiger charge is 2.09. The molecule has 0 unspecified atom stereocenters. The van der Waals surface area contributed by atoms with Crippen molar-refractivity contribution >= 4 is 21.6 Å². The van der Waals surface area contributed by atoms with Gasteiger partial charge in [0.05, 0.1) is 4.47 Å². The number of hydrogen-bond acceptors (Lipinski definition) is 4. The number of para-hydroxylation sites is 1. The third-order valence-corrected chi connectivity index (χ3v) is 3.35. The number of nitrogens with one attached hydrogen (secondary N) is 2. The summed E-state index contributed by atoms with van der Waals surface area (Å²) >= 11 is 3.24. The zero-order chi connectivity index (χ0) is 13.0. The van der Waals surface area contributed by atoms with Crippen molar-refractivity contribution < 1.29 is 10.2 Å². The van der Waals surface area contributed by atoms with Crippen LogP contribution >= 0.6 is 15.9 Å². The number of phenols is 2. The van der Waals surface area contributed by atoms with Gasteiger partial charge in [0.2, 0.25) is 0 Å². The van der Waals surface area contributed by atoms with E-state index in [4.69, 9.17) is 0 Å². The summed E-state index contributed by atoms with van der Waals surface area (Å²) in [6.07, 6.45) is 0. The van der Waals surface area contributed by atoms with Crippen LogP contribution in [0.2, 0.25) is 0 Å². The Kier molecular flexibility index (Phi) is 4.07. The molecule has 0 saturated heterocycles. The molecule has 0 aliphatic carbocycles. The molecule has 2 rings (SSSR count). The minimum absolute atomic E-state index is 0.101. The van der Waals surface area contributed by atoms with Crippen LogP contribution in [-0.4, -0.2) is 10.2 Å². The fraction of sp³-hybridized carbons (Fsp3) is 0.0769. The monoisotopic (exact) mass is 308 g/mol. The molecule has 0 radical (unpaired) electrons. The van der Waals surface area contributed by atoms with E-state index in [1.807, 2.05) is 30.3 Å². The van der Waals surface area contributed by atoms with Gasteiger partial charge < -0.3 is 15.6 Å².